The Hall–Kier alpha value is -1.55. The Morgan fingerprint density at radius 3 is 2.50 bits per heavy atom. The number of Topliss-reactive ketones (excluding diaryl/α,β-unsaturated/α-hetero) is 1. The lowest BCUT2D eigenvalue weighted by Gasteiger charge is -2.03. The highest BCUT2D eigenvalue weighted by molar-refractivity contribution is 6.02. The molecule has 0 bridgehead atoms. The van der Waals surface area contributed by atoms with Crippen molar-refractivity contribution in [2.24, 2.45) is 5.73 Å². The Labute approximate surface area is 70.3 Å². The predicted molar refractivity (Wildman–Crippen MR) is 48.7 cm³/mol. The Balaban J connectivity index is 3.09. The molecule has 4 heteroatoms. The van der Waals surface area contributed by atoms with Gasteiger partial charge in [-0.2, -0.15) is 0 Å². The first-order valence-corrected chi connectivity index (χ1v) is 3.53. The van der Waals surface area contributed by atoms with Crippen LogP contribution >= 0.6 is 0 Å². The molecule has 0 aliphatic rings. The number of nitrogen functional groups attached to an aromatic ring is 2. The van der Waals surface area contributed by atoms with Gasteiger partial charge in [-0.1, -0.05) is 0 Å². The van der Waals surface area contributed by atoms with Crippen molar-refractivity contribution in [3.63, 3.8) is 0 Å². The fourth-order valence-corrected chi connectivity index (χ4v) is 0.945. The SMILES string of the molecule is NCC(=O)c1ccc(N)cc1N. The Kier molecular flexibility index (Phi) is 2.30. The second-order valence-electron chi connectivity index (χ2n) is 2.47. The van der Waals surface area contributed by atoms with Crippen LogP contribution in [-0.2, 0) is 0 Å². The molecule has 0 aromatic heterocycles. The summed E-state index contributed by atoms with van der Waals surface area (Å²) in [5.74, 6) is -0.174. The molecule has 0 saturated carbocycles. The molecule has 1 aromatic rings. The molecule has 64 valence electrons. The van der Waals surface area contributed by atoms with Crippen molar-refractivity contribution in [1.82, 2.24) is 0 Å². The summed E-state index contributed by atoms with van der Waals surface area (Å²) in [5.41, 5.74) is 17.5. The number of carbonyl (C=O) groups is 1. The van der Waals surface area contributed by atoms with Crippen LogP contribution in [0, 0.1) is 0 Å². The monoisotopic (exact) mass is 165 g/mol. The summed E-state index contributed by atoms with van der Waals surface area (Å²) < 4.78 is 0. The first-order valence-electron chi connectivity index (χ1n) is 3.53. The molecule has 6 N–H and O–H groups in total. The summed E-state index contributed by atoms with van der Waals surface area (Å²) in [7, 11) is 0. The van der Waals surface area contributed by atoms with Gasteiger partial charge in [0, 0.05) is 16.9 Å². The number of anilines is 2. The summed E-state index contributed by atoms with van der Waals surface area (Å²) in [4.78, 5) is 11.1. The maximum Gasteiger partial charge on any atom is 0.178 e. The number of hydrogen-bond acceptors (Lipinski definition) is 4. The molecule has 0 heterocycles. The standard InChI is InChI=1S/C8H11N3O/c9-4-8(12)6-2-1-5(10)3-7(6)11/h1-3H,4,9-11H2. The molecule has 4 nitrogen and oxygen atoms in total. The summed E-state index contributed by atoms with van der Waals surface area (Å²) in [6, 6.07) is 4.75. The minimum Gasteiger partial charge on any atom is -0.399 e. The molecular formula is C8H11N3O. The lowest BCUT2D eigenvalue weighted by molar-refractivity contribution is 0.100. The van der Waals surface area contributed by atoms with E-state index in [-0.39, 0.29) is 12.3 Å². The molecular weight excluding hydrogens is 154 g/mol. The van der Waals surface area contributed by atoms with E-state index in [9.17, 15) is 4.79 Å². The van der Waals surface area contributed by atoms with Gasteiger partial charge < -0.3 is 17.2 Å². The van der Waals surface area contributed by atoms with Crippen LogP contribution < -0.4 is 17.2 Å². The van der Waals surface area contributed by atoms with Crippen LogP contribution in [0.5, 0.6) is 0 Å². The van der Waals surface area contributed by atoms with Crippen LogP contribution in [-0.4, -0.2) is 12.3 Å². The quantitative estimate of drug-likeness (QED) is 0.424. The summed E-state index contributed by atoms with van der Waals surface area (Å²) >= 11 is 0. The highest BCUT2D eigenvalue weighted by atomic mass is 16.1. The van der Waals surface area contributed by atoms with Gasteiger partial charge in [0.05, 0.1) is 6.54 Å². The number of nitrogens with two attached hydrogens (primary N) is 3. The molecule has 0 aliphatic heterocycles. The van der Waals surface area contributed by atoms with Gasteiger partial charge in [-0.25, -0.2) is 0 Å². The highest BCUT2D eigenvalue weighted by Crippen LogP contribution is 2.15. The highest BCUT2D eigenvalue weighted by Gasteiger charge is 2.06. The van der Waals surface area contributed by atoms with Crippen LogP contribution in [0.1, 0.15) is 10.4 Å². The van der Waals surface area contributed by atoms with Crippen molar-refractivity contribution in [1.29, 1.82) is 0 Å². The maximum absolute atomic E-state index is 11.1. The smallest absolute Gasteiger partial charge is 0.178 e. The zero-order valence-corrected chi connectivity index (χ0v) is 6.58. The fourth-order valence-electron chi connectivity index (χ4n) is 0.945. The second kappa shape index (κ2) is 3.23. The summed E-state index contributed by atoms with van der Waals surface area (Å²) in [6.07, 6.45) is 0. The van der Waals surface area contributed by atoms with E-state index in [0.29, 0.717) is 16.9 Å². The number of hydrogen-bond donors (Lipinski definition) is 3. The van der Waals surface area contributed by atoms with Gasteiger partial charge in [0.25, 0.3) is 0 Å². The zero-order chi connectivity index (χ0) is 9.14. The van der Waals surface area contributed by atoms with Gasteiger partial charge in [0.2, 0.25) is 0 Å². The van der Waals surface area contributed by atoms with Crippen LogP contribution in [0.15, 0.2) is 18.2 Å². The molecule has 0 spiro atoms. The third kappa shape index (κ3) is 1.54. The van der Waals surface area contributed by atoms with E-state index in [1.165, 1.54) is 0 Å². The Morgan fingerprint density at radius 2 is 2.00 bits per heavy atom. The van der Waals surface area contributed by atoms with E-state index in [2.05, 4.69) is 0 Å². The molecule has 0 atom stereocenters. The van der Waals surface area contributed by atoms with Crippen molar-refractivity contribution in [2.75, 3.05) is 18.0 Å². The van der Waals surface area contributed by atoms with Crippen molar-refractivity contribution in [2.45, 2.75) is 0 Å². The van der Waals surface area contributed by atoms with Crippen LogP contribution in [0.3, 0.4) is 0 Å². The maximum atomic E-state index is 11.1. The van der Waals surface area contributed by atoms with E-state index in [4.69, 9.17) is 17.2 Å². The van der Waals surface area contributed by atoms with Gasteiger partial charge in [0.1, 0.15) is 0 Å². The third-order valence-electron chi connectivity index (χ3n) is 1.56. The number of benzene rings is 1. The molecule has 0 radical (unpaired) electrons. The van der Waals surface area contributed by atoms with E-state index in [1.807, 2.05) is 0 Å². The number of rotatable bonds is 2. The Morgan fingerprint density at radius 1 is 1.33 bits per heavy atom. The summed E-state index contributed by atoms with van der Waals surface area (Å²) in [5, 5.41) is 0. The molecule has 1 aromatic carbocycles. The average Bonchev–Trinajstić information content (AvgIpc) is 2.03. The molecule has 12 heavy (non-hydrogen) atoms. The molecule has 1 rings (SSSR count). The van der Waals surface area contributed by atoms with E-state index in [1.54, 1.807) is 18.2 Å². The molecule has 0 amide bonds. The van der Waals surface area contributed by atoms with Gasteiger partial charge in [0.15, 0.2) is 5.78 Å². The normalized spacial score (nSPS) is 9.75. The summed E-state index contributed by atoms with van der Waals surface area (Å²) in [6.45, 7) is -0.0336. The van der Waals surface area contributed by atoms with Crippen molar-refractivity contribution in [3.05, 3.63) is 23.8 Å². The largest absolute Gasteiger partial charge is 0.399 e. The average molecular weight is 165 g/mol. The van der Waals surface area contributed by atoms with Crippen LogP contribution in [0.25, 0.3) is 0 Å². The molecule has 0 saturated heterocycles. The van der Waals surface area contributed by atoms with Crippen LogP contribution in [0.4, 0.5) is 11.4 Å². The van der Waals surface area contributed by atoms with Crippen LogP contribution in [0.2, 0.25) is 0 Å². The Bertz CT molecular complexity index is 309. The van der Waals surface area contributed by atoms with Gasteiger partial charge >= 0.3 is 0 Å². The molecule has 0 fully saturated rings. The minimum atomic E-state index is -0.174. The lowest BCUT2D eigenvalue weighted by atomic mass is 10.1. The van der Waals surface area contributed by atoms with Gasteiger partial charge in [-0.3, -0.25) is 4.79 Å². The van der Waals surface area contributed by atoms with Crippen molar-refractivity contribution < 1.29 is 4.79 Å². The lowest BCUT2D eigenvalue weighted by Crippen LogP contribution is -2.15. The first kappa shape index (κ1) is 8.55. The molecule has 0 aliphatic carbocycles. The zero-order valence-electron chi connectivity index (χ0n) is 6.58. The first-order chi connectivity index (χ1) is 5.65. The number of ketones is 1. The molecule has 0 unspecified atom stereocenters. The fraction of sp³-hybridized carbons (Fsp3) is 0.125. The van der Waals surface area contributed by atoms with Crippen molar-refractivity contribution >= 4 is 17.2 Å². The third-order valence-corrected chi connectivity index (χ3v) is 1.56. The minimum absolute atomic E-state index is 0.0336. The van der Waals surface area contributed by atoms with E-state index in [0.717, 1.165) is 0 Å². The van der Waals surface area contributed by atoms with Gasteiger partial charge in [-0.15, -0.1) is 0 Å². The van der Waals surface area contributed by atoms with E-state index < -0.39 is 0 Å². The topological polar surface area (TPSA) is 95.1 Å². The number of carbonyl (C=O) groups excluding carboxylic acids is 1. The predicted octanol–water partition coefficient (Wildman–Crippen LogP) is -0.00760. The van der Waals surface area contributed by atoms with Crippen molar-refractivity contribution in [3.8, 4) is 0 Å². The van der Waals surface area contributed by atoms with Gasteiger partial charge in [-0.05, 0) is 18.2 Å². The van der Waals surface area contributed by atoms with E-state index >= 15 is 0 Å². The second-order valence-corrected chi connectivity index (χ2v) is 2.47.